The first kappa shape index (κ1) is 13.5. The molecule has 1 atom stereocenters. The normalized spacial score (nSPS) is 12.7. The third-order valence-electron chi connectivity index (χ3n) is 3.63. The van der Waals surface area contributed by atoms with Crippen molar-refractivity contribution in [3.63, 3.8) is 0 Å². The van der Waals surface area contributed by atoms with E-state index in [1.807, 2.05) is 40.7 Å². The second-order valence-electron chi connectivity index (χ2n) is 5.45. The molecule has 3 aromatic rings. The number of rotatable bonds is 5. The summed E-state index contributed by atoms with van der Waals surface area (Å²) < 4.78 is 3.84. The highest BCUT2D eigenvalue weighted by atomic mass is 15.3. The second-order valence-corrected chi connectivity index (χ2v) is 5.45. The molecular formula is C15H20N6. The van der Waals surface area contributed by atoms with Gasteiger partial charge in [-0.3, -0.25) is 4.68 Å². The van der Waals surface area contributed by atoms with Crippen LogP contribution in [0.2, 0.25) is 0 Å². The van der Waals surface area contributed by atoms with Crippen LogP contribution in [0.15, 0.2) is 36.7 Å². The number of hydrogen-bond acceptors (Lipinski definition) is 4. The number of imidazole rings is 1. The minimum atomic E-state index is 0.481. The molecule has 0 aliphatic rings. The quantitative estimate of drug-likeness (QED) is 0.752. The molecule has 1 aromatic carbocycles. The van der Waals surface area contributed by atoms with Crippen LogP contribution < -0.4 is 11.1 Å². The van der Waals surface area contributed by atoms with E-state index in [9.17, 15) is 0 Å². The van der Waals surface area contributed by atoms with Crippen molar-refractivity contribution in [3.8, 4) is 0 Å². The van der Waals surface area contributed by atoms with Gasteiger partial charge in [-0.05, 0) is 30.2 Å². The van der Waals surface area contributed by atoms with Gasteiger partial charge < -0.3 is 15.6 Å². The highest BCUT2D eigenvalue weighted by Crippen LogP contribution is 2.20. The van der Waals surface area contributed by atoms with Gasteiger partial charge in [-0.1, -0.05) is 6.92 Å². The lowest BCUT2D eigenvalue weighted by Gasteiger charge is -2.13. The van der Waals surface area contributed by atoms with Gasteiger partial charge in [-0.15, -0.1) is 0 Å². The molecule has 2 aromatic heterocycles. The van der Waals surface area contributed by atoms with Crippen molar-refractivity contribution < 1.29 is 0 Å². The zero-order valence-corrected chi connectivity index (χ0v) is 12.3. The topological polar surface area (TPSA) is 73.7 Å². The van der Waals surface area contributed by atoms with E-state index >= 15 is 0 Å². The molecule has 0 fully saturated rings. The summed E-state index contributed by atoms with van der Waals surface area (Å²) in [6.07, 6.45) is 3.79. The third kappa shape index (κ3) is 2.84. The molecule has 1 unspecified atom stereocenters. The van der Waals surface area contributed by atoms with E-state index in [2.05, 4.69) is 28.4 Å². The zero-order chi connectivity index (χ0) is 14.8. The summed E-state index contributed by atoms with van der Waals surface area (Å²) in [5.41, 5.74) is 8.85. The van der Waals surface area contributed by atoms with E-state index in [0.29, 0.717) is 11.9 Å². The van der Waals surface area contributed by atoms with Gasteiger partial charge in [0.1, 0.15) is 0 Å². The largest absolute Gasteiger partial charge is 0.385 e. The van der Waals surface area contributed by atoms with Gasteiger partial charge in [0.25, 0.3) is 0 Å². The van der Waals surface area contributed by atoms with Crippen molar-refractivity contribution in [2.75, 3.05) is 17.6 Å². The maximum absolute atomic E-state index is 5.82. The first-order valence-electron chi connectivity index (χ1n) is 7.07. The summed E-state index contributed by atoms with van der Waals surface area (Å²) in [4.78, 5) is 4.35. The number of benzene rings is 1. The average Bonchev–Trinajstić information content (AvgIpc) is 3.06. The van der Waals surface area contributed by atoms with Gasteiger partial charge in [0.2, 0.25) is 5.95 Å². The molecule has 0 radical (unpaired) electrons. The Balaban J connectivity index is 1.65. The fourth-order valence-electron chi connectivity index (χ4n) is 2.41. The standard InChI is InChI=1S/C15H20N6/c1-11(10-21-7-3-6-18-21)9-17-12-4-5-14-13(8-12)19-15(16)20(14)2/h3-8,11,17H,9-10H2,1-2H3,(H2,16,19). The molecule has 6 nitrogen and oxygen atoms in total. The lowest BCUT2D eigenvalue weighted by molar-refractivity contribution is 0.468. The number of aromatic nitrogens is 4. The fourth-order valence-corrected chi connectivity index (χ4v) is 2.41. The highest BCUT2D eigenvalue weighted by Gasteiger charge is 2.07. The van der Waals surface area contributed by atoms with E-state index in [1.54, 1.807) is 6.20 Å². The molecular weight excluding hydrogens is 264 g/mol. The Morgan fingerprint density at radius 1 is 1.38 bits per heavy atom. The Hall–Kier alpha value is -2.50. The molecule has 0 saturated heterocycles. The fraction of sp³-hybridized carbons (Fsp3) is 0.333. The van der Waals surface area contributed by atoms with Crippen molar-refractivity contribution in [1.29, 1.82) is 0 Å². The summed E-state index contributed by atoms with van der Waals surface area (Å²) in [5, 5.41) is 7.67. The smallest absolute Gasteiger partial charge is 0.200 e. The average molecular weight is 284 g/mol. The third-order valence-corrected chi connectivity index (χ3v) is 3.63. The van der Waals surface area contributed by atoms with Crippen LogP contribution in [0.1, 0.15) is 6.92 Å². The Kier molecular flexibility index (Phi) is 3.51. The molecule has 0 aliphatic carbocycles. The molecule has 3 rings (SSSR count). The maximum atomic E-state index is 5.82. The summed E-state index contributed by atoms with van der Waals surface area (Å²) in [6, 6.07) is 8.08. The SMILES string of the molecule is CC(CNc1ccc2c(c1)nc(N)n2C)Cn1cccn1. The van der Waals surface area contributed by atoms with Crippen LogP contribution in [0.3, 0.4) is 0 Å². The predicted octanol–water partition coefficient (Wildman–Crippen LogP) is 2.10. The number of hydrogen-bond donors (Lipinski definition) is 2. The van der Waals surface area contributed by atoms with Crippen molar-refractivity contribution in [2.24, 2.45) is 13.0 Å². The molecule has 0 saturated carbocycles. The van der Waals surface area contributed by atoms with Crippen LogP contribution in [-0.2, 0) is 13.6 Å². The molecule has 2 heterocycles. The van der Waals surface area contributed by atoms with Gasteiger partial charge in [-0.25, -0.2) is 4.98 Å². The van der Waals surface area contributed by atoms with Crippen LogP contribution in [0.5, 0.6) is 0 Å². The minimum Gasteiger partial charge on any atom is -0.385 e. The number of nitrogen functional groups attached to an aromatic ring is 1. The number of nitrogens with one attached hydrogen (secondary N) is 1. The van der Waals surface area contributed by atoms with E-state index in [-0.39, 0.29) is 0 Å². The molecule has 0 amide bonds. The molecule has 0 bridgehead atoms. The Morgan fingerprint density at radius 3 is 3.00 bits per heavy atom. The first-order chi connectivity index (χ1) is 10.1. The van der Waals surface area contributed by atoms with Gasteiger partial charge in [-0.2, -0.15) is 5.10 Å². The van der Waals surface area contributed by atoms with Crippen LogP contribution in [0.25, 0.3) is 11.0 Å². The van der Waals surface area contributed by atoms with E-state index < -0.39 is 0 Å². The number of nitrogens with zero attached hydrogens (tertiary/aromatic N) is 4. The van der Waals surface area contributed by atoms with Crippen LogP contribution in [0.4, 0.5) is 11.6 Å². The number of anilines is 2. The summed E-state index contributed by atoms with van der Waals surface area (Å²) in [5.74, 6) is 1.02. The highest BCUT2D eigenvalue weighted by molar-refractivity contribution is 5.81. The van der Waals surface area contributed by atoms with Gasteiger partial charge in [0.15, 0.2) is 0 Å². The minimum absolute atomic E-state index is 0.481. The van der Waals surface area contributed by atoms with Crippen LogP contribution in [0, 0.1) is 5.92 Å². The van der Waals surface area contributed by atoms with E-state index in [0.717, 1.165) is 29.8 Å². The molecule has 3 N–H and O–H groups in total. The summed E-state index contributed by atoms with van der Waals surface area (Å²) in [6.45, 7) is 3.98. The van der Waals surface area contributed by atoms with Crippen LogP contribution >= 0.6 is 0 Å². The Morgan fingerprint density at radius 2 is 2.24 bits per heavy atom. The van der Waals surface area contributed by atoms with Crippen molar-refractivity contribution in [2.45, 2.75) is 13.5 Å². The van der Waals surface area contributed by atoms with Crippen molar-refractivity contribution in [1.82, 2.24) is 19.3 Å². The van der Waals surface area contributed by atoms with Crippen molar-refractivity contribution in [3.05, 3.63) is 36.7 Å². The van der Waals surface area contributed by atoms with Gasteiger partial charge in [0, 0.05) is 38.2 Å². The summed E-state index contributed by atoms with van der Waals surface area (Å²) in [7, 11) is 1.92. The van der Waals surface area contributed by atoms with E-state index in [4.69, 9.17) is 5.73 Å². The Bertz CT molecular complexity index is 728. The lowest BCUT2D eigenvalue weighted by Crippen LogP contribution is -2.17. The lowest BCUT2D eigenvalue weighted by atomic mass is 10.1. The van der Waals surface area contributed by atoms with Crippen molar-refractivity contribution >= 4 is 22.7 Å². The van der Waals surface area contributed by atoms with Gasteiger partial charge in [0.05, 0.1) is 11.0 Å². The molecule has 0 spiro atoms. The second kappa shape index (κ2) is 5.47. The Labute approximate surface area is 123 Å². The number of aryl methyl sites for hydroxylation is 1. The molecule has 0 aliphatic heterocycles. The predicted molar refractivity (Wildman–Crippen MR) is 85.0 cm³/mol. The molecule has 21 heavy (non-hydrogen) atoms. The number of fused-ring (bicyclic) bond motifs is 1. The summed E-state index contributed by atoms with van der Waals surface area (Å²) >= 11 is 0. The maximum Gasteiger partial charge on any atom is 0.200 e. The van der Waals surface area contributed by atoms with Crippen LogP contribution in [-0.4, -0.2) is 25.9 Å². The number of nitrogens with two attached hydrogens (primary N) is 1. The molecule has 110 valence electrons. The molecule has 6 heteroatoms. The zero-order valence-electron chi connectivity index (χ0n) is 12.3. The monoisotopic (exact) mass is 284 g/mol. The van der Waals surface area contributed by atoms with Gasteiger partial charge >= 0.3 is 0 Å². The first-order valence-corrected chi connectivity index (χ1v) is 7.07. The van der Waals surface area contributed by atoms with E-state index in [1.165, 1.54) is 0 Å².